The Morgan fingerprint density at radius 1 is 1.25 bits per heavy atom. The molecule has 0 unspecified atom stereocenters. The molecule has 4 nitrogen and oxygen atoms in total. The van der Waals surface area contributed by atoms with Gasteiger partial charge in [0, 0.05) is 30.0 Å². The minimum atomic E-state index is 0.0295. The van der Waals surface area contributed by atoms with Crippen LogP contribution in [0.2, 0.25) is 0 Å². The summed E-state index contributed by atoms with van der Waals surface area (Å²) in [7, 11) is 0. The molecule has 1 heterocycles. The summed E-state index contributed by atoms with van der Waals surface area (Å²) >= 11 is 2.04. The third-order valence-corrected chi connectivity index (χ3v) is 4.66. The van der Waals surface area contributed by atoms with Gasteiger partial charge in [-0.05, 0) is 46.3 Å². The number of aliphatic imine (C=N–C) groups is 1. The molecule has 118 valence electrons. The van der Waals surface area contributed by atoms with E-state index >= 15 is 0 Å². The van der Waals surface area contributed by atoms with Crippen LogP contribution in [0.5, 0.6) is 0 Å². The van der Waals surface area contributed by atoms with Crippen LogP contribution in [0.25, 0.3) is 0 Å². The molecule has 0 saturated carbocycles. The maximum absolute atomic E-state index is 5.51. The standard InChI is InChI=1S/C15H31N3OS/c1-6-16-13(18-14(3,4)5)17-12-15(20-7-2)8-10-19-11-9-15/h6-12H2,1-5H3,(H2,16,17,18). The Bertz CT molecular complexity index is 301. The van der Waals surface area contributed by atoms with E-state index in [0.717, 1.165) is 50.9 Å². The van der Waals surface area contributed by atoms with E-state index in [9.17, 15) is 0 Å². The van der Waals surface area contributed by atoms with Crippen molar-refractivity contribution in [2.45, 2.75) is 57.7 Å². The summed E-state index contributed by atoms with van der Waals surface area (Å²) in [5.41, 5.74) is 0.0295. The van der Waals surface area contributed by atoms with Gasteiger partial charge in [-0.25, -0.2) is 0 Å². The molecule has 0 aromatic heterocycles. The van der Waals surface area contributed by atoms with Gasteiger partial charge in [0.2, 0.25) is 0 Å². The van der Waals surface area contributed by atoms with Crippen molar-refractivity contribution in [3.05, 3.63) is 0 Å². The fraction of sp³-hybridized carbons (Fsp3) is 0.933. The highest BCUT2D eigenvalue weighted by Gasteiger charge is 2.32. The van der Waals surface area contributed by atoms with Crippen LogP contribution in [0.3, 0.4) is 0 Å². The lowest BCUT2D eigenvalue weighted by Crippen LogP contribution is -2.48. The van der Waals surface area contributed by atoms with Crippen molar-refractivity contribution in [1.82, 2.24) is 10.6 Å². The van der Waals surface area contributed by atoms with Crippen molar-refractivity contribution in [2.75, 3.05) is 32.1 Å². The predicted molar refractivity (Wildman–Crippen MR) is 89.8 cm³/mol. The average Bonchev–Trinajstić information content (AvgIpc) is 2.36. The molecule has 0 radical (unpaired) electrons. The minimum absolute atomic E-state index is 0.0295. The smallest absolute Gasteiger partial charge is 0.191 e. The normalized spacial score (nSPS) is 19.8. The molecule has 0 aliphatic carbocycles. The van der Waals surface area contributed by atoms with E-state index in [0.29, 0.717) is 0 Å². The van der Waals surface area contributed by atoms with Crippen LogP contribution >= 0.6 is 11.8 Å². The van der Waals surface area contributed by atoms with Gasteiger partial charge < -0.3 is 15.4 Å². The number of nitrogens with one attached hydrogen (secondary N) is 2. The summed E-state index contributed by atoms with van der Waals surface area (Å²) in [6.45, 7) is 14.3. The van der Waals surface area contributed by atoms with Crippen LogP contribution in [0.1, 0.15) is 47.5 Å². The van der Waals surface area contributed by atoms with Crippen LogP contribution in [-0.2, 0) is 4.74 Å². The molecule has 1 saturated heterocycles. The summed E-state index contributed by atoms with van der Waals surface area (Å²) in [6, 6.07) is 0. The van der Waals surface area contributed by atoms with Gasteiger partial charge in [0.05, 0.1) is 6.54 Å². The number of hydrogen-bond donors (Lipinski definition) is 2. The van der Waals surface area contributed by atoms with Gasteiger partial charge in [-0.2, -0.15) is 11.8 Å². The van der Waals surface area contributed by atoms with E-state index in [4.69, 9.17) is 9.73 Å². The zero-order chi connectivity index (χ0) is 15.1. The Morgan fingerprint density at radius 3 is 2.40 bits per heavy atom. The lowest BCUT2D eigenvalue weighted by Gasteiger charge is -2.35. The molecule has 5 heteroatoms. The lowest BCUT2D eigenvalue weighted by molar-refractivity contribution is 0.0793. The molecular weight excluding hydrogens is 270 g/mol. The number of thioether (sulfide) groups is 1. The van der Waals surface area contributed by atoms with Crippen molar-refractivity contribution < 1.29 is 4.74 Å². The summed E-state index contributed by atoms with van der Waals surface area (Å²) in [5.74, 6) is 2.06. The minimum Gasteiger partial charge on any atom is -0.381 e. The number of guanidine groups is 1. The lowest BCUT2D eigenvalue weighted by atomic mass is 9.99. The predicted octanol–water partition coefficient (Wildman–Crippen LogP) is 2.64. The molecule has 20 heavy (non-hydrogen) atoms. The zero-order valence-corrected chi connectivity index (χ0v) is 14.5. The second-order valence-electron chi connectivity index (χ2n) is 6.30. The third-order valence-electron chi connectivity index (χ3n) is 3.22. The fourth-order valence-corrected chi connectivity index (χ4v) is 3.51. The molecule has 0 aromatic carbocycles. The van der Waals surface area contributed by atoms with Gasteiger partial charge in [0.15, 0.2) is 5.96 Å². The van der Waals surface area contributed by atoms with Gasteiger partial charge >= 0.3 is 0 Å². The molecule has 0 amide bonds. The molecular formula is C15H31N3OS. The molecule has 0 atom stereocenters. The monoisotopic (exact) mass is 301 g/mol. The molecule has 0 aromatic rings. The number of nitrogens with zero attached hydrogens (tertiary/aromatic N) is 1. The Kier molecular flexibility index (Phi) is 7.17. The highest BCUT2D eigenvalue weighted by atomic mass is 32.2. The summed E-state index contributed by atoms with van der Waals surface area (Å²) in [4.78, 5) is 4.83. The summed E-state index contributed by atoms with van der Waals surface area (Å²) in [6.07, 6.45) is 2.20. The van der Waals surface area contributed by atoms with Crippen molar-refractivity contribution >= 4 is 17.7 Å². The molecule has 1 aliphatic heterocycles. The Labute approximate surface area is 128 Å². The zero-order valence-electron chi connectivity index (χ0n) is 13.7. The molecule has 0 bridgehead atoms. The van der Waals surface area contributed by atoms with E-state index < -0.39 is 0 Å². The Hall–Kier alpha value is -0.420. The highest BCUT2D eigenvalue weighted by Crippen LogP contribution is 2.35. The van der Waals surface area contributed by atoms with E-state index in [1.165, 1.54) is 0 Å². The van der Waals surface area contributed by atoms with Crippen LogP contribution in [0, 0.1) is 0 Å². The first-order valence-corrected chi connectivity index (χ1v) is 8.67. The van der Waals surface area contributed by atoms with Gasteiger partial charge in [-0.15, -0.1) is 0 Å². The molecule has 1 aliphatic rings. The largest absolute Gasteiger partial charge is 0.381 e. The average molecular weight is 302 g/mol. The van der Waals surface area contributed by atoms with Crippen molar-refractivity contribution in [3.8, 4) is 0 Å². The van der Waals surface area contributed by atoms with E-state index in [-0.39, 0.29) is 10.3 Å². The van der Waals surface area contributed by atoms with Crippen LogP contribution < -0.4 is 10.6 Å². The fourth-order valence-electron chi connectivity index (χ4n) is 2.28. The van der Waals surface area contributed by atoms with Gasteiger partial charge in [0.25, 0.3) is 0 Å². The Balaban J connectivity index is 2.71. The molecule has 0 spiro atoms. The molecule has 1 fully saturated rings. The maximum Gasteiger partial charge on any atom is 0.191 e. The highest BCUT2D eigenvalue weighted by molar-refractivity contribution is 8.00. The van der Waals surface area contributed by atoms with Crippen molar-refractivity contribution in [3.63, 3.8) is 0 Å². The van der Waals surface area contributed by atoms with E-state index in [2.05, 4.69) is 45.3 Å². The van der Waals surface area contributed by atoms with Crippen molar-refractivity contribution in [1.29, 1.82) is 0 Å². The number of hydrogen-bond acceptors (Lipinski definition) is 3. The molecule has 1 rings (SSSR count). The van der Waals surface area contributed by atoms with Crippen molar-refractivity contribution in [2.24, 2.45) is 4.99 Å². The topological polar surface area (TPSA) is 45.7 Å². The third kappa shape index (κ3) is 6.35. The van der Waals surface area contributed by atoms with Crippen LogP contribution in [0.4, 0.5) is 0 Å². The molecule has 2 N–H and O–H groups in total. The second-order valence-corrected chi connectivity index (χ2v) is 8.03. The summed E-state index contributed by atoms with van der Waals surface area (Å²) in [5, 5.41) is 6.79. The second kappa shape index (κ2) is 8.13. The Morgan fingerprint density at radius 2 is 1.90 bits per heavy atom. The summed E-state index contributed by atoms with van der Waals surface area (Å²) < 4.78 is 5.77. The van der Waals surface area contributed by atoms with Gasteiger partial charge in [0.1, 0.15) is 0 Å². The van der Waals surface area contributed by atoms with E-state index in [1.54, 1.807) is 0 Å². The number of rotatable bonds is 5. The quantitative estimate of drug-likeness (QED) is 0.605. The maximum atomic E-state index is 5.51. The number of ether oxygens (including phenoxy) is 1. The van der Waals surface area contributed by atoms with Crippen LogP contribution in [0.15, 0.2) is 4.99 Å². The van der Waals surface area contributed by atoms with E-state index in [1.807, 2.05) is 11.8 Å². The van der Waals surface area contributed by atoms with Gasteiger partial charge in [-0.3, -0.25) is 4.99 Å². The SMILES string of the molecule is CCNC(=NCC1(SCC)CCOCC1)NC(C)(C)C. The first kappa shape index (κ1) is 17.6. The van der Waals surface area contributed by atoms with Crippen LogP contribution in [-0.4, -0.2) is 48.3 Å². The first-order chi connectivity index (χ1) is 9.41. The first-order valence-electron chi connectivity index (χ1n) is 7.69. The van der Waals surface area contributed by atoms with Gasteiger partial charge in [-0.1, -0.05) is 6.92 Å².